The van der Waals surface area contributed by atoms with Crippen molar-refractivity contribution in [3.8, 4) is 11.5 Å². The van der Waals surface area contributed by atoms with Gasteiger partial charge in [0.1, 0.15) is 0 Å². The average Bonchev–Trinajstić information content (AvgIpc) is 2.27. The van der Waals surface area contributed by atoms with E-state index in [0.717, 1.165) is 0 Å². The summed E-state index contributed by atoms with van der Waals surface area (Å²) in [4.78, 5) is 11.4. The molecule has 0 radical (unpaired) electrons. The number of hydrogen-bond donors (Lipinski definition) is 0. The number of methoxy groups -OCH3 is 1. The second-order valence-electron chi connectivity index (χ2n) is 3.02. The van der Waals surface area contributed by atoms with Gasteiger partial charge in [-0.3, -0.25) is 4.79 Å². The summed E-state index contributed by atoms with van der Waals surface area (Å²) in [5.74, 6) is -0.0912. The molecule has 0 aromatic heterocycles. The van der Waals surface area contributed by atoms with Crippen molar-refractivity contribution in [2.75, 3.05) is 7.11 Å². The molecule has 5 heteroatoms. The normalized spacial score (nSPS) is 10.3. The first-order valence-electron chi connectivity index (χ1n) is 4.74. The molecule has 0 saturated carbocycles. The number of carbonyl (C=O) groups excluding carboxylic acids is 1. The topological polar surface area (TPSA) is 35.5 Å². The van der Waals surface area contributed by atoms with E-state index in [1.54, 1.807) is 6.92 Å². The summed E-state index contributed by atoms with van der Waals surface area (Å²) in [5, 5.41) is 0. The molecule has 88 valence electrons. The Balaban J connectivity index is 3.05. The molecule has 1 aromatic carbocycles. The third-order valence-electron chi connectivity index (χ3n) is 2.02. The quantitative estimate of drug-likeness (QED) is 0.729. The second-order valence-corrected chi connectivity index (χ2v) is 3.02. The van der Waals surface area contributed by atoms with Crippen molar-refractivity contribution < 1.29 is 23.0 Å². The Morgan fingerprint density at radius 1 is 1.38 bits per heavy atom. The third-order valence-corrected chi connectivity index (χ3v) is 2.02. The minimum atomic E-state index is -2.94. The van der Waals surface area contributed by atoms with E-state index in [1.165, 1.54) is 25.3 Å². The molecule has 0 heterocycles. The van der Waals surface area contributed by atoms with Gasteiger partial charge in [-0.1, -0.05) is 6.92 Å². The van der Waals surface area contributed by atoms with E-state index in [9.17, 15) is 13.6 Å². The Kier molecular flexibility index (Phi) is 4.22. The van der Waals surface area contributed by atoms with Gasteiger partial charge in [0.15, 0.2) is 17.3 Å². The number of rotatable bonds is 5. The summed E-state index contributed by atoms with van der Waals surface area (Å²) >= 11 is 0. The van der Waals surface area contributed by atoms with Gasteiger partial charge in [-0.05, 0) is 18.2 Å². The molecular weight excluding hydrogens is 218 g/mol. The number of Topliss-reactive ketones (excluding diaryl/α,β-unsaturated/α-hetero) is 1. The fourth-order valence-electron chi connectivity index (χ4n) is 1.24. The van der Waals surface area contributed by atoms with Crippen LogP contribution < -0.4 is 9.47 Å². The monoisotopic (exact) mass is 230 g/mol. The van der Waals surface area contributed by atoms with Crippen LogP contribution in [0.5, 0.6) is 11.5 Å². The summed E-state index contributed by atoms with van der Waals surface area (Å²) in [6, 6.07) is 4.21. The van der Waals surface area contributed by atoms with Crippen molar-refractivity contribution in [3.05, 3.63) is 23.8 Å². The number of halogens is 2. The predicted molar refractivity (Wildman–Crippen MR) is 54.2 cm³/mol. The number of benzene rings is 1. The minimum Gasteiger partial charge on any atom is -0.493 e. The van der Waals surface area contributed by atoms with Crippen molar-refractivity contribution in [1.82, 2.24) is 0 Å². The van der Waals surface area contributed by atoms with E-state index in [1.807, 2.05) is 0 Å². The molecule has 3 nitrogen and oxygen atoms in total. The number of ketones is 1. The van der Waals surface area contributed by atoms with E-state index in [0.29, 0.717) is 12.0 Å². The molecule has 0 fully saturated rings. The van der Waals surface area contributed by atoms with Crippen LogP contribution in [0.1, 0.15) is 23.7 Å². The van der Waals surface area contributed by atoms with Crippen LogP contribution >= 0.6 is 0 Å². The van der Waals surface area contributed by atoms with Gasteiger partial charge in [0, 0.05) is 12.0 Å². The molecule has 0 saturated heterocycles. The van der Waals surface area contributed by atoms with Crippen LogP contribution in [0.15, 0.2) is 18.2 Å². The predicted octanol–water partition coefficient (Wildman–Crippen LogP) is 2.89. The molecule has 0 bridgehead atoms. The van der Waals surface area contributed by atoms with Crippen LogP contribution in [-0.4, -0.2) is 19.5 Å². The first-order valence-corrected chi connectivity index (χ1v) is 4.74. The molecule has 0 aliphatic carbocycles. The summed E-state index contributed by atoms with van der Waals surface area (Å²) in [6.07, 6.45) is 0.306. The van der Waals surface area contributed by atoms with E-state index in [2.05, 4.69) is 4.74 Å². The lowest BCUT2D eigenvalue weighted by atomic mass is 10.1. The van der Waals surface area contributed by atoms with Crippen LogP contribution in [0.2, 0.25) is 0 Å². The zero-order valence-corrected chi connectivity index (χ0v) is 9.00. The Labute approximate surface area is 92.0 Å². The highest BCUT2D eigenvalue weighted by molar-refractivity contribution is 5.96. The fraction of sp³-hybridized carbons (Fsp3) is 0.364. The molecule has 0 N–H and O–H groups in total. The smallest absolute Gasteiger partial charge is 0.387 e. The lowest BCUT2D eigenvalue weighted by molar-refractivity contribution is -0.0512. The number of ether oxygens (including phenoxy) is 2. The van der Waals surface area contributed by atoms with E-state index in [-0.39, 0.29) is 17.3 Å². The van der Waals surface area contributed by atoms with E-state index >= 15 is 0 Å². The minimum absolute atomic E-state index is 0.128. The van der Waals surface area contributed by atoms with Gasteiger partial charge < -0.3 is 9.47 Å². The maximum atomic E-state index is 12.1. The largest absolute Gasteiger partial charge is 0.493 e. The maximum Gasteiger partial charge on any atom is 0.387 e. The Hall–Kier alpha value is -1.65. The van der Waals surface area contributed by atoms with Crippen LogP contribution in [0.4, 0.5) is 8.78 Å². The molecule has 0 spiro atoms. The molecule has 1 aromatic rings. The zero-order chi connectivity index (χ0) is 12.1. The van der Waals surface area contributed by atoms with Crippen LogP contribution in [0.3, 0.4) is 0 Å². The Bertz CT molecular complexity index is 377. The third kappa shape index (κ3) is 2.92. The summed E-state index contributed by atoms with van der Waals surface area (Å²) in [5.41, 5.74) is 0.332. The molecule has 0 unspecified atom stereocenters. The molecule has 0 atom stereocenters. The zero-order valence-electron chi connectivity index (χ0n) is 9.00. The van der Waals surface area contributed by atoms with Gasteiger partial charge in [0.25, 0.3) is 0 Å². The van der Waals surface area contributed by atoms with E-state index in [4.69, 9.17) is 4.74 Å². The van der Waals surface area contributed by atoms with Crippen molar-refractivity contribution in [2.24, 2.45) is 0 Å². The second kappa shape index (κ2) is 5.44. The van der Waals surface area contributed by atoms with Crippen LogP contribution in [0.25, 0.3) is 0 Å². The molecule has 1 rings (SSSR count). The standard InChI is InChI=1S/C11H12F2O3/c1-3-8(14)7-4-5-9(15-2)10(6-7)16-11(12)13/h4-6,11H,3H2,1-2H3. The van der Waals surface area contributed by atoms with Gasteiger partial charge in [-0.25, -0.2) is 0 Å². The van der Waals surface area contributed by atoms with Gasteiger partial charge in [-0.2, -0.15) is 8.78 Å². The number of hydrogen-bond acceptors (Lipinski definition) is 3. The van der Waals surface area contributed by atoms with Crippen molar-refractivity contribution in [1.29, 1.82) is 0 Å². The first kappa shape index (κ1) is 12.4. The lowest BCUT2D eigenvalue weighted by Gasteiger charge is -2.10. The highest BCUT2D eigenvalue weighted by atomic mass is 19.3. The highest BCUT2D eigenvalue weighted by Crippen LogP contribution is 2.29. The van der Waals surface area contributed by atoms with Crippen molar-refractivity contribution in [2.45, 2.75) is 20.0 Å². The highest BCUT2D eigenvalue weighted by Gasteiger charge is 2.13. The molecular formula is C11H12F2O3. The summed E-state index contributed by atoms with van der Waals surface area (Å²) < 4.78 is 33.3. The lowest BCUT2D eigenvalue weighted by Crippen LogP contribution is -2.05. The van der Waals surface area contributed by atoms with Gasteiger partial charge in [-0.15, -0.1) is 0 Å². The Morgan fingerprint density at radius 3 is 2.56 bits per heavy atom. The van der Waals surface area contributed by atoms with Gasteiger partial charge in [0.05, 0.1) is 7.11 Å². The molecule has 0 aliphatic rings. The average molecular weight is 230 g/mol. The van der Waals surface area contributed by atoms with Crippen molar-refractivity contribution in [3.63, 3.8) is 0 Å². The molecule has 0 aliphatic heterocycles. The van der Waals surface area contributed by atoms with Crippen LogP contribution in [-0.2, 0) is 0 Å². The first-order chi connectivity index (χ1) is 7.58. The van der Waals surface area contributed by atoms with Gasteiger partial charge >= 0.3 is 6.61 Å². The van der Waals surface area contributed by atoms with E-state index < -0.39 is 6.61 Å². The van der Waals surface area contributed by atoms with Crippen LogP contribution in [0, 0.1) is 0 Å². The fourth-order valence-corrected chi connectivity index (χ4v) is 1.24. The SMILES string of the molecule is CCC(=O)c1ccc(OC)c(OC(F)F)c1. The summed E-state index contributed by atoms with van der Waals surface area (Å²) in [6.45, 7) is -1.25. The molecule has 16 heavy (non-hydrogen) atoms. The summed E-state index contributed by atoms with van der Waals surface area (Å²) in [7, 11) is 1.34. The van der Waals surface area contributed by atoms with Crippen molar-refractivity contribution >= 4 is 5.78 Å². The Morgan fingerprint density at radius 2 is 2.06 bits per heavy atom. The molecule has 0 amide bonds. The van der Waals surface area contributed by atoms with Gasteiger partial charge in [0.2, 0.25) is 0 Å². The maximum absolute atomic E-state index is 12.1. The number of alkyl halides is 2. The number of carbonyl (C=O) groups is 1.